The molecule has 0 bridgehead atoms. The summed E-state index contributed by atoms with van der Waals surface area (Å²) in [5.41, 5.74) is 3.71. The van der Waals surface area contributed by atoms with E-state index in [4.69, 9.17) is 4.74 Å². The monoisotopic (exact) mass is 273 g/mol. The number of nitrogens with one attached hydrogen (secondary N) is 1. The van der Waals surface area contributed by atoms with Crippen LogP contribution in [-0.2, 0) is 13.1 Å². The third-order valence-electron chi connectivity index (χ3n) is 3.65. The van der Waals surface area contributed by atoms with Gasteiger partial charge in [-0.3, -0.25) is 4.68 Å². The molecule has 1 atom stereocenters. The molecule has 0 aliphatic rings. The Hall–Kier alpha value is -1.81. The average Bonchev–Trinajstić information content (AvgIpc) is 2.86. The molecule has 1 heterocycles. The Morgan fingerprint density at radius 1 is 1.40 bits per heavy atom. The topological polar surface area (TPSA) is 39.1 Å². The first kappa shape index (κ1) is 14.6. The van der Waals surface area contributed by atoms with Crippen LogP contribution in [0, 0.1) is 6.92 Å². The van der Waals surface area contributed by atoms with Gasteiger partial charge in [-0.15, -0.1) is 0 Å². The number of nitrogens with zero attached hydrogens (tertiary/aromatic N) is 2. The highest BCUT2D eigenvalue weighted by atomic mass is 16.5. The van der Waals surface area contributed by atoms with E-state index in [-0.39, 0.29) is 6.04 Å². The van der Waals surface area contributed by atoms with Crippen molar-refractivity contribution < 1.29 is 4.74 Å². The second-order valence-corrected chi connectivity index (χ2v) is 4.96. The van der Waals surface area contributed by atoms with Crippen LogP contribution in [0.5, 0.6) is 5.75 Å². The van der Waals surface area contributed by atoms with Gasteiger partial charge < -0.3 is 10.1 Å². The molecule has 4 heteroatoms. The van der Waals surface area contributed by atoms with Gasteiger partial charge in [0.25, 0.3) is 0 Å². The van der Waals surface area contributed by atoms with Crippen molar-refractivity contribution in [2.24, 2.45) is 0 Å². The highest BCUT2D eigenvalue weighted by Gasteiger charge is 2.12. The zero-order valence-corrected chi connectivity index (χ0v) is 12.7. The van der Waals surface area contributed by atoms with Crippen molar-refractivity contribution in [1.82, 2.24) is 15.1 Å². The van der Waals surface area contributed by atoms with Crippen LogP contribution < -0.4 is 10.1 Å². The first-order valence-electron chi connectivity index (χ1n) is 7.04. The number of aryl methyl sites for hydroxylation is 1. The first-order valence-corrected chi connectivity index (χ1v) is 7.04. The Morgan fingerprint density at radius 2 is 2.20 bits per heavy atom. The van der Waals surface area contributed by atoms with E-state index in [0.29, 0.717) is 0 Å². The summed E-state index contributed by atoms with van der Waals surface area (Å²) >= 11 is 0. The molecule has 2 aromatic rings. The second-order valence-electron chi connectivity index (χ2n) is 4.96. The molecule has 0 radical (unpaired) electrons. The number of hydrogen-bond acceptors (Lipinski definition) is 3. The Labute approximate surface area is 120 Å². The minimum atomic E-state index is 0.279. The summed E-state index contributed by atoms with van der Waals surface area (Å²) in [6.07, 6.45) is 1.96. The number of aromatic nitrogens is 2. The summed E-state index contributed by atoms with van der Waals surface area (Å²) in [6, 6.07) is 8.41. The summed E-state index contributed by atoms with van der Waals surface area (Å²) in [7, 11) is 1.69. The predicted octanol–water partition coefficient (Wildman–Crippen LogP) is 3.07. The first-order chi connectivity index (χ1) is 9.65. The third-order valence-corrected chi connectivity index (χ3v) is 3.65. The molecule has 108 valence electrons. The van der Waals surface area contributed by atoms with Gasteiger partial charge in [0.15, 0.2) is 0 Å². The van der Waals surface area contributed by atoms with Crippen LogP contribution in [0.25, 0.3) is 0 Å². The van der Waals surface area contributed by atoms with Gasteiger partial charge >= 0.3 is 0 Å². The average molecular weight is 273 g/mol. The van der Waals surface area contributed by atoms with E-state index in [1.54, 1.807) is 7.11 Å². The Kier molecular flexibility index (Phi) is 4.79. The number of ether oxygens (including phenoxy) is 1. The lowest BCUT2D eigenvalue weighted by Gasteiger charge is -2.14. The van der Waals surface area contributed by atoms with Gasteiger partial charge in [0.2, 0.25) is 0 Å². The zero-order valence-electron chi connectivity index (χ0n) is 12.7. The number of hydrogen-bond donors (Lipinski definition) is 1. The largest absolute Gasteiger partial charge is 0.497 e. The quantitative estimate of drug-likeness (QED) is 0.879. The molecular weight excluding hydrogens is 250 g/mol. The van der Waals surface area contributed by atoms with Crippen LogP contribution in [0.1, 0.15) is 36.7 Å². The molecular formula is C16H23N3O. The summed E-state index contributed by atoms with van der Waals surface area (Å²) in [5, 5.41) is 7.93. The molecule has 4 nitrogen and oxygen atoms in total. The molecule has 0 saturated carbocycles. The summed E-state index contributed by atoms with van der Waals surface area (Å²) < 4.78 is 7.27. The second kappa shape index (κ2) is 6.57. The number of rotatable bonds is 6. The van der Waals surface area contributed by atoms with Crippen molar-refractivity contribution >= 4 is 0 Å². The standard InChI is InChI=1S/C16H23N3O/c1-5-19-13(3)16(11-18-19)12(2)17-10-14-7-6-8-15(9-14)20-4/h6-9,11-12,17H,5,10H2,1-4H3. The van der Waals surface area contributed by atoms with Crippen LogP contribution >= 0.6 is 0 Å². The van der Waals surface area contributed by atoms with Crippen molar-refractivity contribution in [2.45, 2.75) is 39.9 Å². The van der Waals surface area contributed by atoms with E-state index in [0.717, 1.165) is 18.8 Å². The maximum absolute atomic E-state index is 5.24. The molecule has 0 spiro atoms. The van der Waals surface area contributed by atoms with Gasteiger partial charge in [0.1, 0.15) is 5.75 Å². The van der Waals surface area contributed by atoms with Crippen molar-refractivity contribution in [2.75, 3.05) is 7.11 Å². The molecule has 1 aromatic carbocycles. The molecule has 0 fully saturated rings. The lowest BCUT2D eigenvalue weighted by molar-refractivity contribution is 0.414. The van der Waals surface area contributed by atoms with Crippen LogP contribution in [-0.4, -0.2) is 16.9 Å². The number of methoxy groups -OCH3 is 1. The van der Waals surface area contributed by atoms with E-state index in [1.165, 1.54) is 16.8 Å². The Morgan fingerprint density at radius 3 is 2.85 bits per heavy atom. The van der Waals surface area contributed by atoms with Crippen molar-refractivity contribution in [3.63, 3.8) is 0 Å². The fourth-order valence-electron chi connectivity index (χ4n) is 2.37. The van der Waals surface area contributed by atoms with E-state index in [1.807, 2.05) is 23.0 Å². The lowest BCUT2D eigenvalue weighted by Crippen LogP contribution is -2.18. The summed E-state index contributed by atoms with van der Waals surface area (Å²) in [4.78, 5) is 0. The van der Waals surface area contributed by atoms with Gasteiger partial charge in [-0.25, -0.2) is 0 Å². The summed E-state index contributed by atoms with van der Waals surface area (Å²) in [6.45, 7) is 8.13. The highest BCUT2D eigenvalue weighted by Crippen LogP contribution is 2.18. The Bertz CT molecular complexity index is 563. The summed E-state index contributed by atoms with van der Waals surface area (Å²) in [5.74, 6) is 0.895. The molecule has 0 aliphatic carbocycles. The van der Waals surface area contributed by atoms with Gasteiger partial charge in [-0.2, -0.15) is 5.10 Å². The lowest BCUT2D eigenvalue weighted by atomic mass is 10.1. The van der Waals surface area contributed by atoms with Crippen molar-refractivity contribution in [1.29, 1.82) is 0 Å². The normalized spacial score (nSPS) is 12.4. The van der Waals surface area contributed by atoms with Crippen LogP contribution in [0.2, 0.25) is 0 Å². The molecule has 2 rings (SSSR count). The number of benzene rings is 1. The van der Waals surface area contributed by atoms with E-state index in [9.17, 15) is 0 Å². The van der Waals surface area contributed by atoms with Crippen LogP contribution in [0.15, 0.2) is 30.5 Å². The Balaban J connectivity index is 2.00. The molecule has 1 N–H and O–H groups in total. The van der Waals surface area contributed by atoms with Gasteiger partial charge in [-0.1, -0.05) is 12.1 Å². The minimum Gasteiger partial charge on any atom is -0.497 e. The van der Waals surface area contributed by atoms with Crippen LogP contribution in [0.3, 0.4) is 0 Å². The fourth-order valence-corrected chi connectivity index (χ4v) is 2.37. The SMILES string of the molecule is CCn1ncc(C(C)NCc2cccc(OC)c2)c1C. The van der Waals surface area contributed by atoms with Gasteiger partial charge in [0.05, 0.1) is 13.3 Å². The van der Waals surface area contributed by atoms with E-state index < -0.39 is 0 Å². The zero-order chi connectivity index (χ0) is 14.5. The molecule has 0 aliphatic heterocycles. The van der Waals surface area contributed by atoms with Gasteiger partial charge in [0, 0.05) is 30.4 Å². The molecule has 0 saturated heterocycles. The van der Waals surface area contributed by atoms with Crippen molar-refractivity contribution in [3.05, 3.63) is 47.3 Å². The third kappa shape index (κ3) is 3.20. The maximum Gasteiger partial charge on any atom is 0.119 e. The van der Waals surface area contributed by atoms with Crippen LogP contribution in [0.4, 0.5) is 0 Å². The fraction of sp³-hybridized carbons (Fsp3) is 0.438. The predicted molar refractivity (Wildman–Crippen MR) is 80.9 cm³/mol. The molecule has 1 unspecified atom stereocenters. The molecule has 0 amide bonds. The van der Waals surface area contributed by atoms with E-state index >= 15 is 0 Å². The van der Waals surface area contributed by atoms with Crippen molar-refractivity contribution in [3.8, 4) is 5.75 Å². The van der Waals surface area contributed by atoms with E-state index in [2.05, 4.69) is 43.3 Å². The molecule has 20 heavy (non-hydrogen) atoms. The van der Waals surface area contributed by atoms with Gasteiger partial charge in [-0.05, 0) is 38.5 Å². The minimum absolute atomic E-state index is 0.279. The smallest absolute Gasteiger partial charge is 0.119 e. The molecule has 1 aromatic heterocycles. The maximum atomic E-state index is 5.24. The highest BCUT2D eigenvalue weighted by molar-refractivity contribution is 5.28.